The molecule has 0 unspecified atom stereocenters. The lowest BCUT2D eigenvalue weighted by molar-refractivity contribution is 0.0492. The van der Waals surface area contributed by atoms with Gasteiger partial charge in [0.15, 0.2) is 11.6 Å². The van der Waals surface area contributed by atoms with E-state index >= 15 is 0 Å². The first kappa shape index (κ1) is 21.9. The Morgan fingerprint density at radius 1 is 1.12 bits per heavy atom. The molecule has 1 aliphatic rings. The van der Waals surface area contributed by atoms with Crippen LogP contribution in [0.2, 0.25) is 0 Å². The van der Waals surface area contributed by atoms with Gasteiger partial charge in [0.05, 0.1) is 18.1 Å². The third kappa shape index (κ3) is 5.09. The molecule has 170 valence electrons. The van der Waals surface area contributed by atoms with Crippen LogP contribution in [0.15, 0.2) is 30.7 Å². The van der Waals surface area contributed by atoms with Crippen molar-refractivity contribution in [3.05, 3.63) is 36.3 Å². The molecule has 4 rings (SSSR count). The normalized spacial score (nSPS) is 19.0. The Hall–Kier alpha value is -3.36. The van der Waals surface area contributed by atoms with Crippen molar-refractivity contribution in [2.75, 3.05) is 11.1 Å². The van der Waals surface area contributed by atoms with E-state index in [0.717, 1.165) is 42.6 Å². The molecule has 0 aliphatic heterocycles. The van der Waals surface area contributed by atoms with Gasteiger partial charge in [0.25, 0.3) is 0 Å². The van der Waals surface area contributed by atoms with Crippen molar-refractivity contribution in [2.24, 2.45) is 0 Å². The van der Waals surface area contributed by atoms with Gasteiger partial charge >= 0.3 is 6.09 Å². The zero-order valence-corrected chi connectivity index (χ0v) is 19.1. The number of aryl methyl sites for hydroxylation is 1. The highest BCUT2D eigenvalue weighted by molar-refractivity contribution is 5.68. The van der Waals surface area contributed by atoms with Crippen LogP contribution in [0.1, 0.15) is 52.0 Å². The SMILES string of the molecule is Cc1ccc2ncc(-c3ncc(N)c(N[C@H]4CC[C@H](NC(=O)OC(C)(C)C)CC4)n3)n2c1. The average molecular weight is 438 g/mol. The van der Waals surface area contributed by atoms with Crippen molar-refractivity contribution in [2.45, 2.75) is 71.1 Å². The third-order valence-electron chi connectivity index (χ3n) is 5.49. The quantitative estimate of drug-likeness (QED) is 0.566. The van der Waals surface area contributed by atoms with E-state index in [9.17, 15) is 4.79 Å². The number of rotatable bonds is 4. The summed E-state index contributed by atoms with van der Waals surface area (Å²) in [6.45, 7) is 7.62. The van der Waals surface area contributed by atoms with Gasteiger partial charge in [-0.2, -0.15) is 0 Å². The second-order valence-corrected chi connectivity index (χ2v) is 9.41. The highest BCUT2D eigenvalue weighted by atomic mass is 16.6. The average Bonchev–Trinajstić information content (AvgIpc) is 3.12. The molecule has 0 aromatic carbocycles. The van der Waals surface area contributed by atoms with Gasteiger partial charge in [-0.25, -0.2) is 19.7 Å². The third-order valence-corrected chi connectivity index (χ3v) is 5.49. The van der Waals surface area contributed by atoms with Crippen LogP contribution in [0.4, 0.5) is 16.3 Å². The number of nitrogens with zero attached hydrogens (tertiary/aromatic N) is 4. The summed E-state index contributed by atoms with van der Waals surface area (Å²) in [7, 11) is 0. The van der Waals surface area contributed by atoms with Crippen LogP contribution in [0.5, 0.6) is 0 Å². The highest BCUT2D eigenvalue weighted by Gasteiger charge is 2.25. The Kier molecular flexibility index (Phi) is 5.90. The van der Waals surface area contributed by atoms with Gasteiger partial charge in [-0.05, 0) is 65.0 Å². The van der Waals surface area contributed by atoms with E-state index in [1.807, 2.05) is 50.4 Å². The molecule has 9 heteroatoms. The summed E-state index contributed by atoms with van der Waals surface area (Å²) >= 11 is 0. The molecule has 0 saturated heterocycles. The molecule has 0 bridgehead atoms. The summed E-state index contributed by atoms with van der Waals surface area (Å²) in [5, 5.41) is 6.44. The van der Waals surface area contributed by atoms with Gasteiger partial charge < -0.3 is 21.1 Å². The zero-order chi connectivity index (χ0) is 22.9. The minimum absolute atomic E-state index is 0.114. The fourth-order valence-corrected chi connectivity index (χ4v) is 3.93. The van der Waals surface area contributed by atoms with Crippen LogP contribution in [-0.4, -0.2) is 43.1 Å². The zero-order valence-electron chi connectivity index (χ0n) is 19.1. The summed E-state index contributed by atoms with van der Waals surface area (Å²) in [4.78, 5) is 25.6. The maximum atomic E-state index is 12.0. The molecule has 4 N–H and O–H groups in total. The Labute approximate surface area is 187 Å². The van der Waals surface area contributed by atoms with E-state index in [1.165, 1.54) is 0 Å². The predicted molar refractivity (Wildman–Crippen MR) is 124 cm³/mol. The maximum absolute atomic E-state index is 12.0. The van der Waals surface area contributed by atoms with E-state index in [-0.39, 0.29) is 18.2 Å². The van der Waals surface area contributed by atoms with Crippen molar-refractivity contribution in [3.63, 3.8) is 0 Å². The Balaban J connectivity index is 1.41. The molecule has 9 nitrogen and oxygen atoms in total. The lowest BCUT2D eigenvalue weighted by atomic mass is 9.91. The number of ether oxygens (including phenoxy) is 1. The summed E-state index contributed by atoms with van der Waals surface area (Å²) in [6.07, 6.45) is 8.59. The van der Waals surface area contributed by atoms with E-state index in [4.69, 9.17) is 15.5 Å². The number of aromatic nitrogens is 4. The largest absolute Gasteiger partial charge is 0.444 e. The van der Waals surface area contributed by atoms with Crippen LogP contribution in [-0.2, 0) is 4.74 Å². The van der Waals surface area contributed by atoms with Crippen LogP contribution in [0.3, 0.4) is 0 Å². The van der Waals surface area contributed by atoms with Gasteiger partial charge in [-0.3, -0.25) is 4.40 Å². The molecule has 1 aliphatic carbocycles. The number of nitrogen functional groups attached to an aromatic ring is 1. The van der Waals surface area contributed by atoms with Crippen molar-refractivity contribution >= 4 is 23.2 Å². The fourth-order valence-electron chi connectivity index (χ4n) is 3.93. The number of carbonyl (C=O) groups excluding carboxylic acids is 1. The van der Waals surface area contributed by atoms with Gasteiger partial charge in [0.1, 0.15) is 16.9 Å². The molecule has 0 spiro atoms. The molecule has 1 saturated carbocycles. The summed E-state index contributed by atoms with van der Waals surface area (Å²) in [5.41, 5.74) is 8.96. The van der Waals surface area contributed by atoms with Crippen molar-refractivity contribution in [1.29, 1.82) is 0 Å². The first-order valence-electron chi connectivity index (χ1n) is 11.0. The van der Waals surface area contributed by atoms with Crippen LogP contribution >= 0.6 is 0 Å². The first-order valence-corrected chi connectivity index (χ1v) is 11.0. The lowest BCUT2D eigenvalue weighted by Crippen LogP contribution is -2.42. The maximum Gasteiger partial charge on any atom is 0.407 e. The van der Waals surface area contributed by atoms with Crippen LogP contribution in [0.25, 0.3) is 17.2 Å². The predicted octanol–water partition coefficient (Wildman–Crippen LogP) is 3.93. The Morgan fingerprint density at radius 3 is 2.56 bits per heavy atom. The molecule has 0 atom stereocenters. The minimum atomic E-state index is -0.495. The molecule has 1 amide bonds. The van der Waals surface area contributed by atoms with Crippen LogP contribution in [0, 0.1) is 6.92 Å². The number of carbonyl (C=O) groups is 1. The molecule has 0 radical (unpaired) electrons. The van der Waals surface area contributed by atoms with Crippen molar-refractivity contribution < 1.29 is 9.53 Å². The minimum Gasteiger partial charge on any atom is -0.444 e. The molecular weight excluding hydrogens is 406 g/mol. The lowest BCUT2D eigenvalue weighted by Gasteiger charge is -2.31. The number of alkyl carbamates (subject to hydrolysis) is 1. The Morgan fingerprint density at radius 2 is 1.84 bits per heavy atom. The van der Waals surface area contributed by atoms with E-state index in [1.54, 1.807) is 12.4 Å². The van der Waals surface area contributed by atoms with Crippen molar-refractivity contribution in [3.8, 4) is 11.5 Å². The number of amides is 1. The van der Waals surface area contributed by atoms with Gasteiger partial charge in [0.2, 0.25) is 0 Å². The number of hydrogen-bond donors (Lipinski definition) is 3. The second-order valence-electron chi connectivity index (χ2n) is 9.41. The fraction of sp³-hybridized carbons (Fsp3) is 0.478. The number of nitrogens with one attached hydrogen (secondary N) is 2. The number of fused-ring (bicyclic) bond motifs is 1. The number of anilines is 2. The first-order chi connectivity index (χ1) is 15.2. The number of imidazole rings is 1. The number of hydrogen-bond acceptors (Lipinski definition) is 7. The molecule has 32 heavy (non-hydrogen) atoms. The summed E-state index contributed by atoms with van der Waals surface area (Å²) < 4.78 is 7.34. The molecule has 3 aromatic heterocycles. The van der Waals surface area contributed by atoms with Gasteiger partial charge in [0, 0.05) is 18.3 Å². The van der Waals surface area contributed by atoms with Gasteiger partial charge in [-0.15, -0.1) is 0 Å². The number of pyridine rings is 1. The summed E-state index contributed by atoms with van der Waals surface area (Å²) in [6, 6.07) is 4.33. The molecular formula is C23H31N7O2. The molecule has 1 fully saturated rings. The van der Waals surface area contributed by atoms with E-state index < -0.39 is 5.60 Å². The smallest absolute Gasteiger partial charge is 0.407 e. The van der Waals surface area contributed by atoms with E-state index in [2.05, 4.69) is 20.6 Å². The van der Waals surface area contributed by atoms with Crippen molar-refractivity contribution in [1.82, 2.24) is 24.7 Å². The van der Waals surface area contributed by atoms with Gasteiger partial charge in [-0.1, -0.05) is 6.07 Å². The number of nitrogens with two attached hydrogens (primary N) is 1. The molecule has 3 aromatic rings. The Bertz CT molecular complexity index is 1110. The van der Waals surface area contributed by atoms with Crippen LogP contribution < -0.4 is 16.4 Å². The second kappa shape index (κ2) is 8.64. The van der Waals surface area contributed by atoms with E-state index in [0.29, 0.717) is 17.3 Å². The monoisotopic (exact) mass is 437 g/mol. The topological polar surface area (TPSA) is 119 Å². The molecule has 3 heterocycles. The standard InChI is InChI=1S/C23H31N7O2/c1-14-5-10-19-25-12-18(30(19)13-14)21-26-11-17(24)20(29-21)27-15-6-8-16(9-7-15)28-22(31)32-23(2,3)4/h5,10-13,15-16H,6-9,24H2,1-4H3,(H,28,31)(H,26,27,29)/t15-,16-. The highest BCUT2D eigenvalue weighted by Crippen LogP contribution is 2.26. The summed E-state index contributed by atoms with van der Waals surface area (Å²) in [5.74, 6) is 1.20.